The van der Waals surface area contributed by atoms with Crippen molar-refractivity contribution in [1.82, 2.24) is 15.8 Å². The number of rotatable bonds is 1. The molecule has 33 heavy (non-hydrogen) atoms. The number of halogens is 1. The summed E-state index contributed by atoms with van der Waals surface area (Å²) >= 11 is 1.23. The standard InChI is InChI=1S/C10H7FN2O2S.C6H13NO.C5H5NO3.H2/c11-7-3-1-2-6-8(7)15-12-9(6)13-4-5-16-10(13)14;1-5-3-7-4-6(2)8-5;7-3-1-4(8)6-5(9)2-3;/h1-3H,4-5H2;5-7H,3-4H2,1-2H3;1-2H2,(H,6,8,9);1H/t;5-,6+;;. The number of Topliss-reactive ketones (excluding diaryl/α,β-unsaturated/α-hetero) is 1. The van der Waals surface area contributed by atoms with Crippen LogP contribution in [0.5, 0.6) is 0 Å². The van der Waals surface area contributed by atoms with E-state index in [9.17, 15) is 23.6 Å². The molecule has 0 spiro atoms. The predicted molar refractivity (Wildman–Crippen MR) is 122 cm³/mol. The summed E-state index contributed by atoms with van der Waals surface area (Å²) in [5, 5.41) is 9.50. The van der Waals surface area contributed by atoms with E-state index in [-0.39, 0.29) is 30.9 Å². The fraction of sp³-hybridized carbons (Fsp3) is 0.476. The predicted octanol–water partition coefficient (Wildman–Crippen LogP) is 2.26. The number of benzene rings is 1. The highest BCUT2D eigenvalue weighted by Gasteiger charge is 2.27. The molecule has 2 aromatic rings. The molecule has 10 nitrogen and oxygen atoms in total. The first-order valence-electron chi connectivity index (χ1n) is 10.4. The zero-order valence-corrected chi connectivity index (χ0v) is 19.1. The summed E-state index contributed by atoms with van der Waals surface area (Å²) in [6, 6.07) is 4.57. The van der Waals surface area contributed by atoms with Gasteiger partial charge in [-0.2, -0.15) is 0 Å². The van der Waals surface area contributed by atoms with Gasteiger partial charge in [0.2, 0.25) is 17.4 Å². The Hall–Kier alpha value is -2.83. The van der Waals surface area contributed by atoms with Crippen LogP contribution in [0.4, 0.5) is 15.0 Å². The van der Waals surface area contributed by atoms with Gasteiger partial charge >= 0.3 is 0 Å². The molecule has 3 aliphatic rings. The van der Waals surface area contributed by atoms with Crippen molar-refractivity contribution in [2.75, 3.05) is 30.3 Å². The van der Waals surface area contributed by atoms with Gasteiger partial charge < -0.3 is 14.6 Å². The van der Waals surface area contributed by atoms with E-state index in [0.717, 1.165) is 18.8 Å². The van der Waals surface area contributed by atoms with Crippen LogP contribution in [0.15, 0.2) is 22.7 Å². The second kappa shape index (κ2) is 11.3. The summed E-state index contributed by atoms with van der Waals surface area (Å²) in [4.78, 5) is 44.1. The Balaban J connectivity index is 0.000000195. The fourth-order valence-electron chi connectivity index (χ4n) is 3.34. The zero-order chi connectivity index (χ0) is 24.0. The van der Waals surface area contributed by atoms with Crippen molar-refractivity contribution in [3.05, 3.63) is 24.0 Å². The third-order valence-electron chi connectivity index (χ3n) is 4.77. The smallest absolute Gasteiger partial charge is 0.287 e. The number of morpholine rings is 1. The third-order valence-corrected chi connectivity index (χ3v) is 5.62. The van der Waals surface area contributed by atoms with E-state index >= 15 is 0 Å². The number of piperidine rings is 1. The number of carbonyl (C=O) groups is 4. The lowest BCUT2D eigenvalue weighted by molar-refractivity contribution is -0.138. The molecular formula is C21H27FN4O6S. The topological polar surface area (TPSA) is 131 Å². The minimum atomic E-state index is -0.490. The molecule has 0 bridgehead atoms. The van der Waals surface area contributed by atoms with E-state index in [4.69, 9.17) is 9.26 Å². The molecule has 5 rings (SSSR count). The second-order valence-electron chi connectivity index (χ2n) is 7.67. The van der Waals surface area contributed by atoms with Crippen molar-refractivity contribution in [3.63, 3.8) is 0 Å². The van der Waals surface area contributed by atoms with E-state index in [1.54, 1.807) is 12.1 Å². The molecule has 0 radical (unpaired) electrons. The van der Waals surface area contributed by atoms with Crippen molar-refractivity contribution in [2.45, 2.75) is 38.9 Å². The van der Waals surface area contributed by atoms with Gasteiger partial charge in [0.1, 0.15) is 0 Å². The van der Waals surface area contributed by atoms with Gasteiger partial charge in [-0.3, -0.25) is 29.4 Å². The number of thioether (sulfide) groups is 1. The number of para-hydroxylation sites is 1. The van der Waals surface area contributed by atoms with Crippen molar-refractivity contribution < 1.29 is 34.3 Å². The molecule has 1 aromatic carbocycles. The number of anilines is 1. The summed E-state index contributed by atoms with van der Waals surface area (Å²) in [6.07, 6.45) is 0.509. The molecule has 12 heteroatoms. The molecule has 2 N–H and O–H groups in total. The number of nitrogens with one attached hydrogen (secondary N) is 2. The molecule has 2 atom stereocenters. The number of aromatic nitrogens is 1. The number of ether oxygens (including phenoxy) is 1. The fourth-order valence-corrected chi connectivity index (χ4v) is 4.13. The number of carbonyl (C=O) groups excluding carboxylic acids is 4. The second-order valence-corrected chi connectivity index (χ2v) is 8.71. The molecule has 1 aromatic heterocycles. The molecule has 0 unspecified atom stereocenters. The first-order chi connectivity index (χ1) is 15.7. The lowest BCUT2D eigenvalue weighted by Crippen LogP contribution is -2.41. The Labute approximate surface area is 195 Å². The summed E-state index contributed by atoms with van der Waals surface area (Å²) in [5.74, 6) is -0.612. The molecule has 4 heterocycles. The van der Waals surface area contributed by atoms with Crippen LogP contribution in [0, 0.1) is 5.82 Å². The summed E-state index contributed by atoms with van der Waals surface area (Å²) in [7, 11) is 0. The van der Waals surface area contributed by atoms with Gasteiger partial charge in [0.25, 0.3) is 5.24 Å². The van der Waals surface area contributed by atoms with Gasteiger partial charge in [0, 0.05) is 26.8 Å². The van der Waals surface area contributed by atoms with Crippen LogP contribution in [0.3, 0.4) is 0 Å². The van der Waals surface area contributed by atoms with Crippen LogP contribution in [0.1, 0.15) is 28.1 Å². The molecule has 3 fully saturated rings. The average Bonchev–Trinajstić information content (AvgIpc) is 3.34. The molecule has 0 saturated carbocycles. The van der Waals surface area contributed by atoms with Crippen LogP contribution in [0.25, 0.3) is 11.0 Å². The number of hydrogen-bond acceptors (Lipinski definition) is 9. The lowest BCUT2D eigenvalue weighted by Gasteiger charge is -2.25. The van der Waals surface area contributed by atoms with E-state index in [1.807, 2.05) is 5.32 Å². The average molecular weight is 483 g/mol. The van der Waals surface area contributed by atoms with Crippen LogP contribution in [-0.2, 0) is 19.1 Å². The van der Waals surface area contributed by atoms with E-state index in [1.165, 1.54) is 22.7 Å². The van der Waals surface area contributed by atoms with Crippen molar-refractivity contribution >= 4 is 51.4 Å². The van der Waals surface area contributed by atoms with Crippen LogP contribution in [0.2, 0.25) is 0 Å². The Morgan fingerprint density at radius 3 is 2.30 bits per heavy atom. The minimum Gasteiger partial charge on any atom is -0.373 e. The van der Waals surface area contributed by atoms with Gasteiger partial charge in [-0.1, -0.05) is 23.0 Å². The van der Waals surface area contributed by atoms with Gasteiger partial charge in [-0.05, 0) is 26.0 Å². The van der Waals surface area contributed by atoms with Crippen LogP contribution in [-0.4, -0.2) is 65.6 Å². The monoisotopic (exact) mass is 482 g/mol. The van der Waals surface area contributed by atoms with E-state index < -0.39 is 17.6 Å². The SMILES string of the molecule is C[C@@H]1CNC[C@H](C)O1.O=C1CC(=O)NC(=O)C1.O=C1SCCN1c1noc2c(F)cccc12.[HH]. The molecule has 3 amide bonds. The number of imide groups is 1. The van der Waals surface area contributed by atoms with Crippen LogP contribution < -0.4 is 15.5 Å². The molecule has 3 saturated heterocycles. The highest BCUT2D eigenvalue weighted by atomic mass is 32.2. The molecule has 3 aliphatic heterocycles. The summed E-state index contributed by atoms with van der Waals surface area (Å²) < 4.78 is 23.7. The van der Waals surface area contributed by atoms with Gasteiger partial charge in [0.05, 0.1) is 30.4 Å². The van der Waals surface area contributed by atoms with Crippen molar-refractivity contribution in [2.24, 2.45) is 0 Å². The Morgan fingerprint density at radius 1 is 1.12 bits per heavy atom. The van der Waals surface area contributed by atoms with Crippen molar-refractivity contribution in [1.29, 1.82) is 0 Å². The number of fused-ring (bicyclic) bond motifs is 1. The lowest BCUT2D eigenvalue weighted by atomic mass is 10.1. The van der Waals surface area contributed by atoms with E-state index in [2.05, 4.69) is 24.3 Å². The minimum absolute atomic E-state index is 0. The van der Waals surface area contributed by atoms with E-state index in [0.29, 0.717) is 30.0 Å². The number of ketones is 1. The van der Waals surface area contributed by atoms with Gasteiger partial charge in [-0.25, -0.2) is 4.39 Å². The quantitative estimate of drug-likeness (QED) is 0.464. The highest BCUT2D eigenvalue weighted by Crippen LogP contribution is 2.32. The number of hydrogen-bond donors (Lipinski definition) is 2. The Kier molecular flexibility index (Phi) is 8.53. The summed E-state index contributed by atoms with van der Waals surface area (Å²) in [5.41, 5.74) is 0.0993. The Bertz CT molecular complexity index is 998. The van der Waals surface area contributed by atoms with Crippen LogP contribution >= 0.6 is 11.8 Å². The zero-order valence-electron chi connectivity index (χ0n) is 18.3. The highest BCUT2D eigenvalue weighted by molar-refractivity contribution is 8.14. The van der Waals surface area contributed by atoms with Gasteiger partial charge in [-0.15, -0.1) is 0 Å². The first kappa shape index (κ1) is 24.8. The maximum Gasteiger partial charge on any atom is 0.287 e. The third kappa shape index (κ3) is 6.83. The summed E-state index contributed by atoms with van der Waals surface area (Å²) in [6.45, 7) is 6.77. The maximum atomic E-state index is 13.3. The molecular weight excluding hydrogens is 455 g/mol. The number of amides is 3. The maximum absolute atomic E-state index is 13.3. The number of nitrogens with zero attached hydrogens (tertiary/aromatic N) is 2. The Morgan fingerprint density at radius 2 is 1.79 bits per heavy atom. The van der Waals surface area contributed by atoms with Gasteiger partial charge in [0.15, 0.2) is 17.4 Å². The largest absolute Gasteiger partial charge is 0.373 e. The van der Waals surface area contributed by atoms with Crippen molar-refractivity contribution in [3.8, 4) is 0 Å². The normalized spacial score (nSPS) is 22.9. The molecule has 180 valence electrons. The first-order valence-corrected chi connectivity index (χ1v) is 11.4. The molecule has 0 aliphatic carbocycles.